The van der Waals surface area contributed by atoms with Crippen LogP contribution in [0.2, 0.25) is 0 Å². The highest BCUT2D eigenvalue weighted by Gasteiger charge is 2.30. The summed E-state index contributed by atoms with van der Waals surface area (Å²) in [4.78, 5) is 37.1. The van der Waals surface area contributed by atoms with Crippen molar-refractivity contribution in [1.29, 1.82) is 0 Å². The van der Waals surface area contributed by atoms with Gasteiger partial charge < -0.3 is 19.9 Å². The second-order valence-electron chi connectivity index (χ2n) is 9.41. The van der Waals surface area contributed by atoms with Crippen LogP contribution >= 0.6 is 0 Å². The largest absolute Gasteiger partial charge is 0.480 e. The number of carbonyl (C=O) groups excluding carboxylic acids is 2. The Labute approximate surface area is 230 Å². The lowest BCUT2D eigenvalue weighted by Crippen LogP contribution is -2.48. The van der Waals surface area contributed by atoms with Crippen molar-refractivity contribution in [3.8, 4) is 11.1 Å². The number of nitrogens with zero attached hydrogens (tertiary/aromatic N) is 1. The summed E-state index contributed by atoms with van der Waals surface area (Å²) < 4.78 is 11.2. The van der Waals surface area contributed by atoms with Crippen LogP contribution in [-0.4, -0.2) is 52.0 Å². The maximum absolute atomic E-state index is 12.7. The van der Waals surface area contributed by atoms with Crippen LogP contribution in [0, 0.1) is 0 Å². The second kappa shape index (κ2) is 11.8. The van der Waals surface area contributed by atoms with Gasteiger partial charge in [0.05, 0.1) is 12.7 Å². The summed E-state index contributed by atoms with van der Waals surface area (Å²) in [5, 5.41) is 21.0. The molecule has 0 fully saturated rings. The van der Waals surface area contributed by atoms with Crippen LogP contribution in [-0.2, 0) is 20.9 Å². The van der Waals surface area contributed by atoms with Crippen molar-refractivity contribution in [3.05, 3.63) is 107 Å². The van der Waals surface area contributed by atoms with E-state index in [1.807, 2.05) is 66.7 Å². The Hall–Kier alpha value is -4.96. The van der Waals surface area contributed by atoms with Crippen LogP contribution < -0.4 is 10.6 Å². The van der Waals surface area contributed by atoms with E-state index in [4.69, 9.17) is 9.47 Å². The number of carboxylic acid groups (broad SMARTS) is 1. The van der Waals surface area contributed by atoms with E-state index >= 15 is 0 Å². The molecule has 1 heterocycles. The van der Waals surface area contributed by atoms with E-state index in [2.05, 4.69) is 33.0 Å². The minimum absolute atomic E-state index is 0.0320. The van der Waals surface area contributed by atoms with Gasteiger partial charge in [-0.05, 0) is 34.7 Å². The Bertz CT molecular complexity index is 1470. The molecule has 4 N–H and O–H groups in total. The fourth-order valence-corrected chi connectivity index (χ4v) is 4.74. The van der Waals surface area contributed by atoms with Gasteiger partial charge in [0.15, 0.2) is 11.9 Å². The lowest BCUT2D eigenvalue weighted by atomic mass is 9.98. The van der Waals surface area contributed by atoms with Crippen molar-refractivity contribution >= 4 is 23.8 Å². The minimum atomic E-state index is -1.31. The number of carboxylic acids is 1. The molecular weight excluding hydrogens is 512 g/mol. The van der Waals surface area contributed by atoms with E-state index < -0.39 is 30.1 Å². The number of aromatic amines is 1. The molecule has 40 heavy (non-hydrogen) atoms. The van der Waals surface area contributed by atoms with Crippen LogP contribution in [0.4, 0.5) is 10.6 Å². The molecule has 0 saturated heterocycles. The third kappa shape index (κ3) is 5.87. The molecular formula is C30H28N4O6. The highest BCUT2D eigenvalue weighted by molar-refractivity contribution is 5.96. The first-order valence-corrected chi connectivity index (χ1v) is 12.8. The summed E-state index contributed by atoms with van der Waals surface area (Å²) in [7, 11) is 0. The van der Waals surface area contributed by atoms with Gasteiger partial charge in [0, 0.05) is 12.0 Å². The normalized spacial score (nSPS) is 13.5. The number of hydrogen-bond acceptors (Lipinski definition) is 6. The zero-order chi connectivity index (χ0) is 28.1. The number of fused-ring (bicyclic) bond motifs is 3. The summed E-state index contributed by atoms with van der Waals surface area (Å²) in [6, 6.07) is 25.3. The number of aliphatic carboxylic acids is 1. The highest BCUT2D eigenvalue weighted by atomic mass is 16.5. The highest BCUT2D eigenvalue weighted by Crippen LogP contribution is 2.44. The molecule has 0 aliphatic heterocycles. The number of nitrogens with one attached hydrogen (secondary N) is 3. The number of ether oxygens (including phenoxy) is 2. The Kier molecular flexibility index (Phi) is 7.88. The van der Waals surface area contributed by atoms with Crippen molar-refractivity contribution in [2.45, 2.75) is 31.6 Å². The van der Waals surface area contributed by atoms with E-state index in [1.165, 1.54) is 6.07 Å². The smallest absolute Gasteiger partial charge is 0.412 e. The molecule has 0 spiro atoms. The molecule has 10 nitrogen and oxygen atoms in total. The SMILES string of the molecule is C[C@@H](OCc1ccccc1)[C@H](NC(=O)c1cc(NC(=O)OCC2c3ccccc3-c3ccccc32)n[nH]1)C(=O)O. The lowest BCUT2D eigenvalue weighted by Gasteiger charge is -2.21. The van der Waals surface area contributed by atoms with Gasteiger partial charge in [-0.3, -0.25) is 15.2 Å². The maximum atomic E-state index is 12.7. The zero-order valence-electron chi connectivity index (χ0n) is 21.7. The molecule has 4 aromatic rings. The molecule has 0 saturated carbocycles. The Morgan fingerprint density at radius 1 is 0.950 bits per heavy atom. The first-order chi connectivity index (χ1) is 19.4. The van der Waals surface area contributed by atoms with E-state index in [1.54, 1.807) is 6.92 Å². The van der Waals surface area contributed by atoms with Crippen LogP contribution in [0.25, 0.3) is 11.1 Å². The number of aromatic nitrogens is 2. The van der Waals surface area contributed by atoms with Crippen LogP contribution in [0.15, 0.2) is 84.9 Å². The average molecular weight is 541 g/mol. The number of anilines is 1. The number of carbonyl (C=O) groups is 3. The molecule has 204 valence electrons. The Morgan fingerprint density at radius 3 is 2.23 bits per heavy atom. The maximum Gasteiger partial charge on any atom is 0.412 e. The quantitative estimate of drug-likeness (QED) is 0.231. The topological polar surface area (TPSA) is 143 Å². The average Bonchev–Trinajstić information content (AvgIpc) is 3.56. The van der Waals surface area contributed by atoms with Gasteiger partial charge in [0.25, 0.3) is 5.91 Å². The third-order valence-electron chi connectivity index (χ3n) is 6.77. The first kappa shape index (κ1) is 26.6. The summed E-state index contributed by atoms with van der Waals surface area (Å²) in [5.41, 5.74) is 5.26. The number of amides is 2. The molecule has 2 atom stereocenters. The predicted octanol–water partition coefficient (Wildman–Crippen LogP) is 4.56. The van der Waals surface area contributed by atoms with E-state index in [-0.39, 0.29) is 30.6 Å². The molecule has 0 radical (unpaired) electrons. The molecule has 1 aliphatic carbocycles. The first-order valence-electron chi connectivity index (χ1n) is 12.8. The van der Waals surface area contributed by atoms with Crippen molar-refractivity contribution in [2.24, 2.45) is 0 Å². The van der Waals surface area contributed by atoms with Crippen LogP contribution in [0.5, 0.6) is 0 Å². The minimum Gasteiger partial charge on any atom is -0.480 e. The monoisotopic (exact) mass is 540 g/mol. The summed E-state index contributed by atoms with van der Waals surface area (Å²) in [6.07, 6.45) is -1.55. The molecule has 2 amide bonds. The van der Waals surface area contributed by atoms with Gasteiger partial charge in [-0.15, -0.1) is 0 Å². The fourth-order valence-electron chi connectivity index (χ4n) is 4.74. The van der Waals surface area contributed by atoms with Gasteiger partial charge in [-0.1, -0.05) is 78.9 Å². The molecule has 1 aromatic heterocycles. The number of benzene rings is 3. The van der Waals surface area contributed by atoms with Crippen LogP contribution in [0.1, 0.15) is 40.0 Å². The van der Waals surface area contributed by atoms with Gasteiger partial charge in [0.1, 0.15) is 12.3 Å². The number of H-pyrrole nitrogens is 1. The van der Waals surface area contributed by atoms with Gasteiger partial charge in [0.2, 0.25) is 0 Å². The molecule has 3 aromatic carbocycles. The molecule has 0 unspecified atom stereocenters. The third-order valence-corrected chi connectivity index (χ3v) is 6.77. The Morgan fingerprint density at radius 2 is 1.57 bits per heavy atom. The second-order valence-corrected chi connectivity index (χ2v) is 9.41. The van der Waals surface area contributed by atoms with Gasteiger partial charge >= 0.3 is 12.1 Å². The summed E-state index contributed by atoms with van der Waals surface area (Å²) >= 11 is 0. The summed E-state index contributed by atoms with van der Waals surface area (Å²) in [5.74, 6) is -2.00. The van der Waals surface area contributed by atoms with E-state index in [0.717, 1.165) is 27.8 Å². The zero-order valence-corrected chi connectivity index (χ0v) is 21.7. The molecule has 0 bridgehead atoms. The lowest BCUT2D eigenvalue weighted by molar-refractivity contribution is -0.143. The van der Waals surface area contributed by atoms with E-state index in [0.29, 0.717) is 0 Å². The molecule has 1 aliphatic rings. The predicted molar refractivity (Wildman–Crippen MR) is 147 cm³/mol. The Balaban J connectivity index is 1.16. The van der Waals surface area contributed by atoms with Crippen LogP contribution in [0.3, 0.4) is 0 Å². The molecule has 5 rings (SSSR count). The van der Waals surface area contributed by atoms with Crippen molar-refractivity contribution < 1.29 is 29.0 Å². The van der Waals surface area contributed by atoms with Crippen molar-refractivity contribution in [1.82, 2.24) is 15.5 Å². The van der Waals surface area contributed by atoms with Crippen molar-refractivity contribution in [2.75, 3.05) is 11.9 Å². The molecule has 10 heteroatoms. The van der Waals surface area contributed by atoms with Crippen molar-refractivity contribution in [3.63, 3.8) is 0 Å². The van der Waals surface area contributed by atoms with Gasteiger partial charge in [-0.25, -0.2) is 9.59 Å². The van der Waals surface area contributed by atoms with E-state index in [9.17, 15) is 19.5 Å². The standard InChI is InChI=1S/C30H28N4O6/c1-18(39-16-19-9-3-2-4-10-19)27(29(36)37)32-28(35)25-15-26(34-33-25)31-30(38)40-17-24-22-13-7-5-11-20(22)21-12-6-8-14-23(21)24/h2-15,18,24,27H,16-17H2,1H3,(H,32,35)(H,36,37)(H2,31,33,34,38)/t18-,27+/m1/s1. The van der Waals surface area contributed by atoms with Gasteiger partial charge in [-0.2, -0.15) is 5.10 Å². The number of hydrogen-bond donors (Lipinski definition) is 4. The number of rotatable bonds is 10. The fraction of sp³-hybridized carbons (Fsp3) is 0.200. The summed E-state index contributed by atoms with van der Waals surface area (Å²) in [6.45, 7) is 1.89.